The number of hydrogen-bond donors (Lipinski definition) is 1. The molecule has 1 atom stereocenters. The second-order valence-electron chi connectivity index (χ2n) is 4.89. The lowest BCUT2D eigenvalue weighted by Gasteiger charge is -2.34. The van der Waals surface area contributed by atoms with E-state index in [0.717, 1.165) is 25.2 Å². The maximum absolute atomic E-state index is 11.3. The van der Waals surface area contributed by atoms with Gasteiger partial charge in [0.2, 0.25) is 0 Å². The molecule has 1 aliphatic heterocycles. The van der Waals surface area contributed by atoms with Crippen LogP contribution in [-0.4, -0.2) is 42.1 Å². The summed E-state index contributed by atoms with van der Waals surface area (Å²) in [5.74, 6) is -0.350. The van der Waals surface area contributed by atoms with Gasteiger partial charge in [0.15, 0.2) is 0 Å². The molecule has 2 N–H and O–H groups in total. The molecule has 0 saturated carbocycles. The van der Waals surface area contributed by atoms with E-state index >= 15 is 0 Å². The average molecular weight is 263 g/mol. The summed E-state index contributed by atoms with van der Waals surface area (Å²) in [4.78, 5) is 18.0. The predicted molar refractivity (Wildman–Crippen MR) is 72.7 cm³/mol. The Labute approximate surface area is 113 Å². The molecule has 19 heavy (non-hydrogen) atoms. The van der Waals surface area contributed by atoms with Crippen molar-refractivity contribution in [2.45, 2.75) is 31.8 Å². The molecule has 104 valence electrons. The summed E-state index contributed by atoms with van der Waals surface area (Å²) in [5, 5.41) is 0. The van der Waals surface area contributed by atoms with Crippen LogP contribution in [0.3, 0.4) is 0 Å². The van der Waals surface area contributed by atoms with Crippen LogP contribution in [-0.2, 0) is 11.3 Å². The minimum Gasteiger partial charge on any atom is -0.465 e. The number of carbonyl (C=O) groups excluding carboxylic acids is 1. The SMILES string of the molecule is COC(=O)c1ccc(CN2CCCCC2CN)nc1. The van der Waals surface area contributed by atoms with Gasteiger partial charge in [0.05, 0.1) is 18.4 Å². The fourth-order valence-electron chi connectivity index (χ4n) is 2.50. The van der Waals surface area contributed by atoms with Crippen molar-refractivity contribution in [2.24, 2.45) is 5.73 Å². The Kier molecular flexibility index (Phi) is 4.87. The molecule has 0 bridgehead atoms. The zero-order chi connectivity index (χ0) is 13.7. The number of rotatable bonds is 4. The second-order valence-corrected chi connectivity index (χ2v) is 4.89. The first kappa shape index (κ1) is 14.0. The molecular weight excluding hydrogens is 242 g/mol. The van der Waals surface area contributed by atoms with Gasteiger partial charge in [-0.15, -0.1) is 0 Å². The van der Waals surface area contributed by atoms with Gasteiger partial charge < -0.3 is 10.5 Å². The molecule has 5 heteroatoms. The standard InChI is InChI=1S/C14H21N3O2/c1-19-14(18)11-5-6-12(16-9-11)10-17-7-3-2-4-13(17)8-15/h5-6,9,13H,2-4,7-8,10,15H2,1H3. The molecule has 1 saturated heterocycles. The van der Waals surface area contributed by atoms with Crippen LogP contribution < -0.4 is 5.73 Å². The number of aromatic nitrogens is 1. The zero-order valence-corrected chi connectivity index (χ0v) is 11.3. The number of hydrogen-bond acceptors (Lipinski definition) is 5. The Morgan fingerprint density at radius 3 is 3.00 bits per heavy atom. The highest BCUT2D eigenvalue weighted by Gasteiger charge is 2.21. The maximum Gasteiger partial charge on any atom is 0.339 e. The molecule has 1 aliphatic rings. The van der Waals surface area contributed by atoms with E-state index < -0.39 is 0 Å². The Hall–Kier alpha value is -1.46. The minimum absolute atomic E-state index is 0.350. The first-order chi connectivity index (χ1) is 9.24. The van der Waals surface area contributed by atoms with Crippen LogP contribution >= 0.6 is 0 Å². The highest BCUT2D eigenvalue weighted by molar-refractivity contribution is 5.88. The quantitative estimate of drug-likeness (QED) is 0.826. The van der Waals surface area contributed by atoms with Gasteiger partial charge in [-0.3, -0.25) is 9.88 Å². The lowest BCUT2D eigenvalue weighted by atomic mass is 10.0. The summed E-state index contributed by atoms with van der Waals surface area (Å²) < 4.78 is 4.65. The third-order valence-corrected chi connectivity index (χ3v) is 3.63. The zero-order valence-electron chi connectivity index (χ0n) is 11.3. The second kappa shape index (κ2) is 6.63. The number of ether oxygens (including phenoxy) is 1. The summed E-state index contributed by atoms with van der Waals surface area (Å²) in [5.41, 5.74) is 7.26. The lowest BCUT2D eigenvalue weighted by molar-refractivity contribution is 0.0600. The van der Waals surface area contributed by atoms with Crippen molar-refractivity contribution in [3.8, 4) is 0 Å². The molecule has 0 radical (unpaired) electrons. The average Bonchev–Trinajstić information content (AvgIpc) is 2.48. The molecule has 1 aromatic heterocycles. The van der Waals surface area contributed by atoms with E-state index in [1.54, 1.807) is 12.3 Å². The van der Waals surface area contributed by atoms with Gasteiger partial charge in [0, 0.05) is 25.3 Å². The highest BCUT2D eigenvalue weighted by atomic mass is 16.5. The van der Waals surface area contributed by atoms with Crippen LogP contribution in [0, 0.1) is 0 Å². The van der Waals surface area contributed by atoms with Crippen LogP contribution in [0.2, 0.25) is 0 Å². The van der Waals surface area contributed by atoms with Gasteiger partial charge >= 0.3 is 5.97 Å². The lowest BCUT2D eigenvalue weighted by Crippen LogP contribution is -2.43. The highest BCUT2D eigenvalue weighted by Crippen LogP contribution is 2.18. The van der Waals surface area contributed by atoms with Crippen molar-refractivity contribution >= 4 is 5.97 Å². The smallest absolute Gasteiger partial charge is 0.339 e. The first-order valence-electron chi connectivity index (χ1n) is 6.72. The normalized spacial score (nSPS) is 20.2. The van der Waals surface area contributed by atoms with Gasteiger partial charge in [-0.25, -0.2) is 4.79 Å². The van der Waals surface area contributed by atoms with Crippen molar-refractivity contribution in [3.63, 3.8) is 0 Å². The molecular formula is C14H21N3O2. The molecule has 0 aliphatic carbocycles. The minimum atomic E-state index is -0.350. The molecule has 0 spiro atoms. The number of likely N-dealkylation sites (tertiary alicyclic amines) is 1. The van der Waals surface area contributed by atoms with Gasteiger partial charge in [0.1, 0.15) is 0 Å². The van der Waals surface area contributed by atoms with Crippen LogP contribution in [0.15, 0.2) is 18.3 Å². The van der Waals surface area contributed by atoms with Crippen LogP contribution in [0.25, 0.3) is 0 Å². The number of nitrogens with zero attached hydrogens (tertiary/aromatic N) is 2. The predicted octanol–water partition coefficient (Wildman–Crippen LogP) is 1.18. The first-order valence-corrected chi connectivity index (χ1v) is 6.72. The van der Waals surface area contributed by atoms with Gasteiger partial charge in [0.25, 0.3) is 0 Å². The molecule has 1 aromatic rings. The van der Waals surface area contributed by atoms with Crippen molar-refractivity contribution in [3.05, 3.63) is 29.6 Å². The monoisotopic (exact) mass is 263 g/mol. The van der Waals surface area contributed by atoms with Crippen LogP contribution in [0.5, 0.6) is 0 Å². The summed E-state index contributed by atoms with van der Waals surface area (Å²) in [6.45, 7) is 2.56. The maximum atomic E-state index is 11.3. The fourth-order valence-corrected chi connectivity index (χ4v) is 2.50. The molecule has 0 amide bonds. The van der Waals surface area contributed by atoms with Crippen molar-refractivity contribution < 1.29 is 9.53 Å². The van der Waals surface area contributed by atoms with Crippen molar-refractivity contribution in [1.82, 2.24) is 9.88 Å². The molecule has 1 unspecified atom stereocenters. The van der Waals surface area contributed by atoms with E-state index in [4.69, 9.17) is 5.73 Å². The van der Waals surface area contributed by atoms with Crippen LogP contribution in [0.1, 0.15) is 35.3 Å². The van der Waals surface area contributed by atoms with E-state index in [-0.39, 0.29) is 5.97 Å². The van der Waals surface area contributed by atoms with E-state index in [1.807, 2.05) is 6.07 Å². The van der Waals surface area contributed by atoms with Crippen molar-refractivity contribution in [2.75, 3.05) is 20.2 Å². The topological polar surface area (TPSA) is 68.5 Å². The Bertz CT molecular complexity index is 419. The number of nitrogens with two attached hydrogens (primary N) is 1. The van der Waals surface area contributed by atoms with Gasteiger partial charge in [-0.1, -0.05) is 6.42 Å². The largest absolute Gasteiger partial charge is 0.465 e. The number of piperidine rings is 1. The van der Waals surface area contributed by atoms with E-state index in [1.165, 1.54) is 20.0 Å². The fraction of sp³-hybridized carbons (Fsp3) is 0.571. The third kappa shape index (κ3) is 3.52. The van der Waals surface area contributed by atoms with Crippen LogP contribution in [0.4, 0.5) is 0 Å². The third-order valence-electron chi connectivity index (χ3n) is 3.63. The summed E-state index contributed by atoms with van der Waals surface area (Å²) in [6.07, 6.45) is 5.21. The molecule has 2 heterocycles. The Morgan fingerprint density at radius 1 is 1.53 bits per heavy atom. The molecule has 0 aromatic carbocycles. The van der Waals surface area contributed by atoms with E-state index in [9.17, 15) is 4.79 Å². The van der Waals surface area contributed by atoms with Gasteiger partial charge in [-0.05, 0) is 31.5 Å². The van der Waals surface area contributed by atoms with Gasteiger partial charge in [-0.2, -0.15) is 0 Å². The molecule has 2 rings (SSSR count). The molecule has 1 fully saturated rings. The number of esters is 1. The summed E-state index contributed by atoms with van der Waals surface area (Å²) in [7, 11) is 1.37. The van der Waals surface area contributed by atoms with E-state index in [2.05, 4.69) is 14.6 Å². The Morgan fingerprint density at radius 2 is 2.37 bits per heavy atom. The Balaban J connectivity index is 2.00. The summed E-state index contributed by atoms with van der Waals surface area (Å²) in [6, 6.07) is 4.10. The molecule has 5 nitrogen and oxygen atoms in total. The number of methoxy groups -OCH3 is 1. The van der Waals surface area contributed by atoms with Crippen molar-refractivity contribution in [1.29, 1.82) is 0 Å². The number of carbonyl (C=O) groups is 1. The number of pyridine rings is 1. The summed E-state index contributed by atoms with van der Waals surface area (Å²) >= 11 is 0. The van der Waals surface area contributed by atoms with E-state index in [0.29, 0.717) is 18.2 Å².